The molecule has 0 aliphatic heterocycles. The van der Waals surface area contributed by atoms with Gasteiger partial charge < -0.3 is 20.1 Å². The fourth-order valence-corrected chi connectivity index (χ4v) is 1.21. The van der Waals surface area contributed by atoms with E-state index in [-0.39, 0.29) is 19.8 Å². The van der Waals surface area contributed by atoms with Gasteiger partial charge in [0.1, 0.15) is 0 Å². The molecule has 1 atom stereocenters. The standard InChI is InChI=1S/C10H17NO6/c1-2-3-17-7-8(12)4-11(5-9(13)14)6-10(15)16/h2,8,12H,1,3-7H2,(H,13,14)(H,15,16). The molecule has 0 aliphatic rings. The molecule has 0 spiro atoms. The number of nitrogens with zero attached hydrogens (tertiary/aromatic N) is 1. The highest BCUT2D eigenvalue weighted by Crippen LogP contribution is 1.94. The molecule has 0 radical (unpaired) electrons. The van der Waals surface area contributed by atoms with E-state index < -0.39 is 31.1 Å². The number of aliphatic hydroxyl groups excluding tert-OH is 1. The summed E-state index contributed by atoms with van der Waals surface area (Å²) in [6, 6.07) is 0. The summed E-state index contributed by atoms with van der Waals surface area (Å²) in [5.41, 5.74) is 0. The molecule has 0 saturated heterocycles. The molecule has 0 saturated carbocycles. The van der Waals surface area contributed by atoms with Crippen LogP contribution in [-0.2, 0) is 14.3 Å². The first kappa shape index (κ1) is 15.6. The Labute approximate surface area is 98.9 Å². The zero-order chi connectivity index (χ0) is 13.3. The maximum Gasteiger partial charge on any atom is 0.317 e. The van der Waals surface area contributed by atoms with Crippen molar-refractivity contribution in [2.75, 3.05) is 32.8 Å². The van der Waals surface area contributed by atoms with Crippen molar-refractivity contribution < 1.29 is 29.6 Å². The largest absolute Gasteiger partial charge is 0.480 e. The van der Waals surface area contributed by atoms with Gasteiger partial charge in [-0.15, -0.1) is 6.58 Å². The van der Waals surface area contributed by atoms with Crippen LogP contribution in [0.3, 0.4) is 0 Å². The number of hydrogen-bond acceptors (Lipinski definition) is 5. The highest BCUT2D eigenvalue weighted by atomic mass is 16.5. The van der Waals surface area contributed by atoms with Crippen LogP contribution in [0.15, 0.2) is 12.7 Å². The molecule has 0 aromatic heterocycles. The second kappa shape index (κ2) is 8.68. The Hall–Kier alpha value is -1.44. The van der Waals surface area contributed by atoms with E-state index in [2.05, 4.69) is 6.58 Å². The number of hydrogen-bond donors (Lipinski definition) is 3. The lowest BCUT2D eigenvalue weighted by Gasteiger charge is -2.21. The number of aliphatic carboxylic acids is 2. The summed E-state index contributed by atoms with van der Waals surface area (Å²) in [5.74, 6) is -2.30. The summed E-state index contributed by atoms with van der Waals surface area (Å²) in [6.07, 6.45) is 0.576. The summed E-state index contributed by atoms with van der Waals surface area (Å²) in [5, 5.41) is 26.6. The monoisotopic (exact) mass is 247 g/mol. The van der Waals surface area contributed by atoms with Crippen LogP contribution in [-0.4, -0.2) is 71.1 Å². The van der Waals surface area contributed by atoms with E-state index >= 15 is 0 Å². The summed E-state index contributed by atoms with van der Waals surface area (Å²) in [4.78, 5) is 22.1. The fraction of sp³-hybridized carbons (Fsp3) is 0.600. The minimum atomic E-state index is -1.15. The number of rotatable bonds is 10. The van der Waals surface area contributed by atoms with Gasteiger partial charge in [-0.1, -0.05) is 6.08 Å². The van der Waals surface area contributed by atoms with E-state index in [4.69, 9.17) is 14.9 Å². The topological polar surface area (TPSA) is 107 Å². The second-order valence-electron chi connectivity index (χ2n) is 3.44. The summed E-state index contributed by atoms with van der Waals surface area (Å²) in [6.45, 7) is 2.75. The first-order valence-corrected chi connectivity index (χ1v) is 4.98. The average Bonchev–Trinajstić information content (AvgIpc) is 2.15. The van der Waals surface area contributed by atoms with Crippen molar-refractivity contribution >= 4 is 11.9 Å². The predicted molar refractivity (Wildman–Crippen MR) is 58.7 cm³/mol. The molecule has 0 bridgehead atoms. The molecule has 7 nitrogen and oxygen atoms in total. The van der Waals surface area contributed by atoms with Crippen molar-refractivity contribution in [1.82, 2.24) is 4.90 Å². The highest BCUT2D eigenvalue weighted by Gasteiger charge is 2.17. The fourth-order valence-electron chi connectivity index (χ4n) is 1.21. The zero-order valence-electron chi connectivity index (χ0n) is 9.41. The first-order chi connectivity index (χ1) is 7.95. The Bertz CT molecular complexity index is 252. The Balaban J connectivity index is 4.06. The minimum Gasteiger partial charge on any atom is -0.480 e. The maximum atomic E-state index is 10.5. The van der Waals surface area contributed by atoms with Crippen LogP contribution in [0, 0.1) is 0 Å². The third-order valence-electron chi connectivity index (χ3n) is 1.73. The van der Waals surface area contributed by atoms with Gasteiger partial charge in [-0.2, -0.15) is 0 Å². The summed E-state index contributed by atoms with van der Waals surface area (Å²) >= 11 is 0. The Kier molecular flexibility index (Phi) is 7.95. The molecule has 7 heteroatoms. The molecular formula is C10H17NO6. The van der Waals surface area contributed by atoms with Crippen LogP contribution in [0.1, 0.15) is 0 Å². The number of carboxylic acids is 2. The third-order valence-corrected chi connectivity index (χ3v) is 1.73. The van der Waals surface area contributed by atoms with E-state index in [0.29, 0.717) is 0 Å². The molecule has 0 aliphatic carbocycles. The van der Waals surface area contributed by atoms with Crippen molar-refractivity contribution in [3.63, 3.8) is 0 Å². The number of aliphatic hydroxyl groups is 1. The van der Waals surface area contributed by atoms with Gasteiger partial charge in [-0.3, -0.25) is 14.5 Å². The van der Waals surface area contributed by atoms with Gasteiger partial charge in [0.15, 0.2) is 0 Å². The SMILES string of the molecule is C=CCOCC(O)CN(CC(=O)O)CC(=O)O. The number of carboxylic acid groups (broad SMARTS) is 2. The Morgan fingerprint density at radius 1 is 1.29 bits per heavy atom. The van der Waals surface area contributed by atoms with E-state index in [9.17, 15) is 14.7 Å². The van der Waals surface area contributed by atoms with Crippen molar-refractivity contribution in [3.8, 4) is 0 Å². The lowest BCUT2D eigenvalue weighted by molar-refractivity contribution is -0.142. The second-order valence-corrected chi connectivity index (χ2v) is 3.44. The van der Waals surface area contributed by atoms with E-state index in [1.54, 1.807) is 0 Å². The lowest BCUT2D eigenvalue weighted by Crippen LogP contribution is -2.41. The quantitative estimate of drug-likeness (QED) is 0.336. The molecule has 0 aromatic rings. The van der Waals surface area contributed by atoms with Crippen LogP contribution >= 0.6 is 0 Å². The molecule has 0 fully saturated rings. The first-order valence-electron chi connectivity index (χ1n) is 4.98. The average molecular weight is 247 g/mol. The van der Waals surface area contributed by atoms with Crippen LogP contribution in [0.5, 0.6) is 0 Å². The van der Waals surface area contributed by atoms with Gasteiger partial charge in [0.2, 0.25) is 0 Å². The van der Waals surface area contributed by atoms with E-state index in [0.717, 1.165) is 4.90 Å². The van der Waals surface area contributed by atoms with Gasteiger partial charge in [-0.05, 0) is 0 Å². The van der Waals surface area contributed by atoms with Gasteiger partial charge in [0, 0.05) is 6.54 Å². The van der Waals surface area contributed by atoms with Gasteiger partial charge in [0.25, 0.3) is 0 Å². The van der Waals surface area contributed by atoms with Crippen LogP contribution in [0.2, 0.25) is 0 Å². The molecule has 1 unspecified atom stereocenters. The maximum absolute atomic E-state index is 10.5. The summed E-state index contributed by atoms with van der Waals surface area (Å²) in [7, 11) is 0. The van der Waals surface area contributed by atoms with Gasteiger partial charge >= 0.3 is 11.9 Å². The minimum absolute atomic E-state index is 0.00174. The van der Waals surface area contributed by atoms with Crippen LogP contribution in [0.25, 0.3) is 0 Å². The van der Waals surface area contributed by atoms with Crippen LogP contribution in [0.4, 0.5) is 0 Å². The van der Waals surface area contributed by atoms with E-state index in [1.165, 1.54) is 6.08 Å². The molecule has 0 amide bonds. The van der Waals surface area contributed by atoms with Crippen LogP contribution < -0.4 is 0 Å². The smallest absolute Gasteiger partial charge is 0.317 e. The highest BCUT2D eigenvalue weighted by molar-refractivity contribution is 5.72. The Morgan fingerprint density at radius 3 is 2.24 bits per heavy atom. The molecule has 98 valence electrons. The van der Waals surface area contributed by atoms with E-state index in [1.807, 2.05) is 0 Å². The lowest BCUT2D eigenvalue weighted by atomic mass is 10.3. The van der Waals surface area contributed by atoms with Crippen molar-refractivity contribution in [1.29, 1.82) is 0 Å². The molecule has 0 aromatic carbocycles. The Morgan fingerprint density at radius 2 is 1.82 bits per heavy atom. The normalized spacial score (nSPS) is 12.4. The summed E-state index contributed by atoms with van der Waals surface area (Å²) < 4.78 is 4.97. The number of ether oxygens (including phenoxy) is 1. The molecule has 0 rings (SSSR count). The molecule has 0 heterocycles. The molecular weight excluding hydrogens is 230 g/mol. The van der Waals surface area contributed by atoms with Crippen molar-refractivity contribution in [3.05, 3.63) is 12.7 Å². The predicted octanol–water partition coefficient (Wildman–Crippen LogP) is -0.979. The molecule has 3 N–H and O–H groups in total. The van der Waals surface area contributed by atoms with Gasteiger partial charge in [0.05, 0.1) is 32.4 Å². The molecule has 17 heavy (non-hydrogen) atoms. The van der Waals surface area contributed by atoms with Crippen molar-refractivity contribution in [2.24, 2.45) is 0 Å². The third kappa shape index (κ3) is 9.49. The number of carbonyl (C=O) groups is 2. The zero-order valence-corrected chi connectivity index (χ0v) is 9.41. The van der Waals surface area contributed by atoms with Crippen molar-refractivity contribution in [2.45, 2.75) is 6.10 Å². The van der Waals surface area contributed by atoms with Gasteiger partial charge in [-0.25, -0.2) is 0 Å².